The van der Waals surface area contributed by atoms with Crippen LogP contribution in [0.2, 0.25) is 0 Å². The molecule has 0 saturated carbocycles. The summed E-state index contributed by atoms with van der Waals surface area (Å²) in [6.45, 7) is 5.76. The summed E-state index contributed by atoms with van der Waals surface area (Å²) in [5, 5.41) is 4.94. The van der Waals surface area contributed by atoms with Crippen LogP contribution in [0.3, 0.4) is 0 Å². The number of methoxy groups -OCH3 is 1. The lowest BCUT2D eigenvalue weighted by Crippen LogP contribution is -2.25. The van der Waals surface area contributed by atoms with Gasteiger partial charge in [0.1, 0.15) is 0 Å². The first-order valence-corrected chi connectivity index (χ1v) is 8.61. The van der Waals surface area contributed by atoms with Crippen molar-refractivity contribution in [3.63, 3.8) is 0 Å². The maximum Gasteiger partial charge on any atom is 0.241 e. The molecule has 0 amide bonds. The van der Waals surface area contributed by atoms with Crippen LogP contribution in [0.15, 0.2) is 16.3 Å². The average Bonchev–Trinajstić information content (AvgIpc) is 2.82. The highest BCUT2D eigenvalue weighted by Gasteiger charge is 2.15. The second-order valence-electron chi connectivity index (χ2n) is 4.53. The summed E-state index contributed by atoms with van der Waals surface area (Å²) < 4.78 is 31.4. The molecule has 0 spiro atoms. The molecule has 1 heterocycles. The van der Waals surface area contributed by atoms with E-state index in [1.807, 2.05) is 0 Å². The van der Waals surface area contributed by atoms with Gasteiger partial charge in [0.05, 0.1) is 4.90 Å². The van der Waals surface area contributed by atoms with Crippen molar-refractivity contribution in [2.75, 3.05) is 20.3 Å². The molecule has 0 unspecified atom stereocenters. The second kappa shape index (κ2) is 7.96. The van der Waals surface area contributed by atoms with E-state index in [-0.39, 0.29) is 0 Å². The minimum atomic E-state index is -3.38. The Kier molecular flexibility index (Phi) is 6.95. The first-order valence-electron chi connectivity index (χ1n) is 6.25. The van der Waals surface area contributed by atoms with Crippen molar-refractivity contribution in [2.24, 2.45) is 0 Å². The van der Waals surface area contributed by atoms with Gasteiger partial charge in [-0.05, 0) is 12.5 Å². The van der Waals surface area contributed by atoms with Crippen molar-refractivity contribution in [3.05, 3.63) is 16.3 Å². The summed E-state index contributed by atoms with van der Waals surface area (Å²) in [7, 11) is -1.78. The Bertz CT molecular complexity index is 469. The van der Waals surface area contributed by atoms with Crippen LogP contribution in [0.25, 0.3) is 0 Å². The Balaban J connectivity index is 2.53. The molecule has 5 nitrogen and oxygen atoms in total. The van der Waals surface area contributed by atoms with E-state index in [0.29, 0.717) is 37.1 Å². The zero-order chi connectivity index (χ0) is 14.3. The van der Waals surface area contributed by atoms with Gasteiger partial charge in [-0.2, -0.15) is 0 Å². The molecular weight excluding hydrogens is 284 g/mol. The highest BCUT2D eigenvalue weighted by Crippen LogP contribution is 2.19. The normalized spacial score (nSPS) is 12.2. The van der Waals surface area contributed by atoms with E-state index in [4.69, 9.17) is 4.74 Å². The molecule has 0 radical (unpaired) electrons. The average molecular weight is 306 g/mol. The molecule has 0 aliphatic heterocycles. The maximum absolute atomic E-state index is 12.0. The van der Waals surface area contributed by atoms with Crippen molar-refractivity contribution in [2.45, 2.75) is 37.8 Å². The lowest BCUT2D eigenvalue weighted by Gasteiger charge is -2.05. The molecule has 0 saturated heterocycles. The summed E-state index contributed by atoms with van der Waals surface area (Å²) in [6, 6.07) is 2.10. The molecule has 2 N–H and O–H groups in total. The van der Waals surface area contributed by atoms with Crippen LogP contribution < -0.4 is 10.0 Å². The van der Waals surface area contributed by atoms with Crippen molar-refractivity contribution in [1.29, 1.82) is 0 Å². The second-order valence-corrected chi connectivity index (χ2v) is 7.29. The molecule has 0 fully saturated rings. The Morgan fingerprint density at radius 2 is 2.16 bits per heavy atom. The highest BCUT2D eigenvalue weighted by atomic mass is 32.2. The summed E-state index contributed by atoms with van der Waals surface area (Å²) >= 11 is 1.46. The largest absolute Gasteiger partial charge is 0.385 e. The fourth-order valence-electron chi connectivity index (χ4n) is 1.41. The Morgan fingerprint density at radius 1 is 1.42 bits per heavy atom. The molecule has 1 aromatic rings. The third-order valence-corrected chi connectivity index (χ3v) is 4.97. The minimum Gasteiger partial charge on any atom is -0.385 e. The topological polar surface area (TPSA) is 67.4 Å². The first kappa shape index (κ1) is 16.6. The van der Waals surface area contributed by atoms with E-state index in [1.54, 1.807) is 18.6 Å². The number of hydrogen-bond donors (Lipinski definition) is 2. The van der Waals surface area contributed by atoms with Gasteiger partial charge in [-0.25, -0.2) is 13.1 Å². The maximum atomic E-state index is 12.0. The van der Waals surface area contributed by atoms with Crippen LogP contribution in [0, 0.1) is 0 Å². The third kappa shape index (κ3) is 6.01. The van der Waals surface area contributed by atoms with Crippen molar-refractivity contribution in [1.82, 2.24) is 10.0 Å². The summed E-state index contributed by atoms with van der Waals surface area (Å²) in [5.74, 6) is 0. The van der Waals surface area contributed by atoms with E-state index in [0.717, 1.165) is 4.88 Å². The number of nitrogens with one attached hydrogen (secondary N) is 2. The number of thiophene rings is 1. The molecule has 0 aromatic carbocycles. The number of hydrogen-bond acceptors (Lipinski definition) is 5. The first-order chi connectivity index (χ1) is 8.95. The monoisotopic (exact) mass is 306 g/mol. The van der Waals surface area contributed by atoms with E-state index in [9.17, 15) is 8.42 Å². The summed E-state index contributed by atoms with van der Waals surface area (Å²) in [4.78, 5) is 1.36. The van der Waals surface area contributed by atoms with Crippen LogP contribution in [0.1, 0.15) is 25.1 Å². The van der Waals surface area contributed by atoms with Crippen LogP contribution in [-0.2, 0) is 21.3 Å². The van der Waals surface area contributed by atoms with Crippen LogP contribution in [0.5, 0.6) is 0 Å². The van der Waals surface area contributed by atoms with Gasteiger partial charge in [0.2, 0.25) is 10.0 Å². The Morgan fingerprint density at radius 3 is 2.79 bits per heavy atom. The number of rotatable bonds is 9. The number of sulfonamides is 1. The standard InChI is InChI=1S/C12H22N2O3S2/c1-10(2)13-8-11-7-12(9-18-11)19(15,16)14-5-4-6-17-3/h7,9-10,13-14H,4-6,8H2,1-3H3. The van der Waals surface area contributed by atoms with Crippen LogP contribution in [0.4, 0.5) is 0 Å². The van der Waals surface area contributed by atoms with Gasteiger partial charge < -0.3 is 10.1 Å². The molecule has 0 atom stereocenters. The quantitative estimate of drug-likeness (QED) is 0.680. The van der Waals surface area contributed by atoms with Crippen molar-refractivity contribution in [3.8, 4) is 0 Å². The van der Waals surface area contributed by atoms with E-state index in [2.05, 4.69) is 23.9 Å². The van der Waals surface area contributed by atoms with Gasteiger partial charge in [-0.1, -0.05) is 13.8 Å². The molecule has 0 bridgehead atoms. The van der Waals surface area contributed by atoms with Gasteiger partial charge in [0.15, 0.2) is 0 Å². The molecule has 19 heavy (non-hydrogen) atoms. The smallest absolute Gasteiger partial charge is 0.241 e. The SMILES string of the molecule is COCCCNS(=O)(=O)c1csc(CNC(C)C)c1. The molecule has 110 valence electrons. The Hall–Kier alpha value is -0.470. The third-order valence-electron chi connectivity index (χ3n) is 2.44. The van der Waals surface area contributed by atoms with Gasteiger partial charge in [-0.15, -0.1) is 11.3 Å². The fraction of sp³-hybridized carbons (Fsp3) is 0.667. The molecule has 7 heteroatoms. The minimum absolute atomic E-state index is 0.343. The zero-order valence-corrected chi connectivity index (χ0v) is 13.2. The van der Waals surface area contributed by atoms with Gasteiger partial charge >= 0.3 is 0 Å². The predicted octanol–water partition coefficient (Wildman–Crippen LogP) is 1.56. The Labute approximate surface area is 119 Å². The molecular formula is C12H22N2O3S2. The van der Waals surface area contributed by atoms with Gasteiger partial charge in [-0.3, -0.25) is 0 Å². The number of ether oxygens (including phenoxy) is 1. The lowest BCUT2D eigenvalue weighted by molar-refractivity contribution is 0.196. The van der Waals surface area contributed by atoms with Crippen LogP contribution in [-0.4, -0.2) is 34.7 Å². The molecule has 0 aliphatic carbocycles. The van der Waals surface area contributed by atoms with Crippen molar-refractivity contribution < 1.29 is 13.2 Å². The highest BCUT2D eigenvalue weighted by molar-refractivity contribution is 7.89. The van der Waals surface area contributed by atoms with E-state index >= 15 is 0 Å². The predicted molar refractivity (Wildman–Crippen MR) is 78.0 cm³/mol. The van der Waals surface area contributed by atoms with E-state index in [1.165, 1.54) is 11.3 Å². The summed E-state index contributed by atoms with van der Waals surface area (Å²) in [5.41, 5.74) is 0. The van der Waals surface area contributed by atoms with Gasteiger partial charge in [0, 0.05) is 43.1 Å². The molecule has 1 rings (SSSR count). The van der Waals surface area contributed by atoms with Crippen molar-refractivity contribution >= 4 is 21.4 Å². The zero-order valence-electron chi connectivity index (χ0n) is 11.6. The van der Waals surface area contributed by atoms with E-state index < -0.39 is 10.0 Å². The lowest BCUT2D eigenvalue weighted by atomic mass is 10.4. The molecule has 0 aliphatic rings. The summed E-state index contributed by atoms with van der Waals surface area (Å²) in [6.07, 6.45) is 0.668. The molecule has 1 aromatic heterocycles. The van der Waals surface area contributed by atoms with Crippen LogP contribution >= 0.6 is 11.3 Å². The fourth-order valence-corrected chi connectivity index (χ4v) is 3.71. The van der Waals surface area contributed by atoms with Gasteiger partial charge in [0.25, 0.3) is 0 Å².